The van der Waals surface area contributed by atoms with Gasteiger partial charge >= 0.3 is 0 Å². The van der Waals surface area contributed by atoms with E-state index in [9.17, 15) is 4.79 Å². The Balaban J connectivity index is 2.45. The van der Waals surface area contributed by atoms with Gasteiger partial charge in [0, 0.05) is 26.6 Å². The highest BCUT2D eigenvalue weighted by Gasteiger charge is 2.32. The molecule has 1 rings (SSSR count). The van der Waals surface area contributed by atoms with Crippen LogP contribution in [0.1, 0.15) is 52.9 Å². The molecule has 0 aliphatic carbocycles. The van der Waals surface area contributed by atoms with E-state index in [-0.39, 0.29) is 11.5 Å². The van der Waals surface area contributed by atoms with Gasteiger partial charge in [-0.25, -0.2) is 0 Å². The molecule has 118 valence electrons. The van der Waals surface area contributed by atoms with Crippen LogP contribution in [-0.4, -0.2) is 43.2 Å². The zero-order valence-corrected chi connectivity index (χ0v) is 13.7. The molecule has 1 heterocycles. The molecule has 0 spiro atoms. The molecule has 0 saturated carbocycles. The van der Waals surface area contributed by atoms with Gasteiger partial charge in [-0.15, -0.1) is 0 Å². The van der Waals surface area contributed by atoms with Gasteiger partial charge in [0.1, 0.15) is 0 Å². The minimum atomic E-state index is -0.164. The first-order chi connectivity index (χ1) is 9.41. The maximum Gasteiger partial charge on any atom is 0.222 e. The first kappa shape index (κ1) is 17.4. The summed E-state index contributed by atoms with van der Waals surface area (Å²) < 4.78 is 5.55. The molecule has 0 aromatic heterocycles. The Morgan fingerprint density at radius 1 is 1.40 bits per heavy atom. The molecule has 0 aromatic carbocycles. The van der Waals surface area contributed by atoms with E-state index in [1.54, 1.807) is 7.11 Å². The lowest BCUT2D eigenvalue weighted by atomic mass is 9.87. The van der Waals surface area contributed by atoms with Gasteiger partial charge in [0.2, 0.25) is 5.91 Å². The highest BCUT2D eigenvalue weighted by atomic mass is 16.5. The van der Waals surface area contributed by atoms with Crippen molar-refractivity contribution < 1.29 is 9.53 Å². The molecule has 1 aliphatic heterocycles. The van der Waals surface area contributed by atoms with Gasteiger partial charge < -0.3 is 15.4 Å². The molecule has 2 N–H and O–H groups in total. The zero-order chi connectivity index (χ0) is 15.2. The van der Waals surface area contributed by atoms with Gasteiger partial charge in [0.15, 0.2) is 0 Å². The van der Waals surface area contributed by atoms with Gasteiger partial charge in [-0.3, -0.25) is 4.79 Å². The molecule has 0 bridgehead atoms. The maximum absolute atomic E-state index is 12.4. The van der Waals surface area contributed by atoms with Crippen LogP contribution in [0.2, 0.25) is 0 Å². The molecule has 2 atom stereocenters. The molecule has 1 saturated heterocycles. The SMILES string of the molecule is COC1(C)CCCN(C(=O)CCC(CCN)C(C)C)C1. The number of piperidine rings is 1. The zero-order valence-electron chi connectivity index (χ0n) is 13.7. The van der Waals surface area contributed by atoms with Gasteiger partial charge in [-0.2, -0.15) is 0 Å². The number of carbonyl (C=O) groups is 1. The van der Waals surface area contributed by atoms with Crippen LogP contribution in [0.25, 0.3) is 0 Å². The van der Waals surface area contributed by atoms with Crippen LogP contribution < -0.4 is 5.73 Å². The van der Waals surface area contributed by atoms with E-state index in [1.165, 1.54) is 0 Å². The molecule has 1 aliphatic rings. The van der Waals surface area contributed by atoms with Crippen LogP contribution in [0.3, 0.4) is 0 Å². The molecule has 4 nitrogen and oxygen atoms in total. The smallest absolute Gasteiger partial charge is 0.222 e. The van der Waals surface area contributed by atoms with Crippen molar-refractivity contribution in [1.82, 2.24) is 4.90 Å². The molecular weight excluding hydrogens is 252 g/mol. The number of carbonyl (C=O) groups excluding carboxylic acids is 1. The number of nitrogens with zero attached hydrogens (tertiary/aromatic N) is 1. The van der Waals surface area contributed by atoms with E-state index >= 15 is 0 Å². The van der Waals surface area contributed by atoms with E-state index in [0.717, 1.165) is 38.8 Å². The van der Waals surface area contributed by atoms with Crippen molar-refractivity contribution in [3.8, 4) is 0 Å². The van der Waals surface area contributed by atoms with Crippen LogP contribution in [0.4, 0.5) is 0 Å². The van der Waals surface area contributed by atoms with Gasteiger partial charge in [-0.1, -0.05) is 13.8 Å². The van der Waals surface area contributed by atoms with Crippen LogP contribution in [0.5, 0.6) is 0 Å². The summed E-state index contributed by atoms with van der Waals surface area (Å²) in [7, 11) is 1.74. The Morgan fingerprint density at radius 3 is 2.65 bits per heavy atom. The molecular formula is C16H32N2O2. The predicted octanol–water partition coefficient (Wildman–Crippen LogP) is 2.42. The van der Waals surface area contributed by atoms with E-state index < -0.39 is 0 Å². The third-order valence-electron chi connectivity index (χ3n) is 4.71. The lowest BCUT2D eigenvalue weighted by Gasteiger charge is -2.39. The topological polar surface area (TPSA) is 55.6 Å². The summed E-state index contributed by atoms with van der Waals surface area (Å²) in [6.45, 7) is 8.84. The van der Waals surface area contributed by atoms with E-state index in [2.05, 4.69) is 20.8 Å². The number of rotatable bonds is 7. The highest BCUT2D eigenvalue weighted by Crippen LogP contribution is 2.26. The average Bonchev–Trinajstić information content (AvgIpc) is 2.42. The Morgan fingerprint density at radius 2 is 2.10 bits per heavy atom. The average molecular weight is 284 g/mol. The van der Waals surface area contributed by atoms with E-state index in [4.69, 9.17) is 10.5 Å². The molecule has 1 amide bonds. The summed E-state index contributed by atoms with van der Waals surface area (Å²) in [6.07, 6.45) is 4.68. The Labute approximate surface area is 124 Å². The van der Waals surface area contributed by atoms with E-state index in [0.29, 0.717) is 24.8 Å². The van der Waals surface area contributed by atoms with Crippen molar-refractivity contribution in [2.75, 3.05) is 26.7 Å². The number of hydrogen-bond acceptors (Lipinski definition) is 3. The van der Waals surface area contributed by atoms with Crippen LogP contribution in [-0.2, 0) is 9.53 Å². The summed E-state index contributed by atoms with van der Waals surface area (Å²) in [6, 6.07) is 0. The van der Waals surface area contributed by atoms with Crippen LogP contribution in [0, 0.1) is 11.8 Å². The highest BCUT2D eigenvalue weighted by molar-refractivity contribution is 5.76. The minimum absolute atomic E-state index is 0.164. The molecule has 1 fully saturated rings. The third kappa shape index (κ3) is 5.06. The number of hydrogen-bond donors (Lipinski definition) is 1. The number of methoxy groups -OCH3 is 1. The van der Waals surface area contributed by atoms with Gasteiger partial charge in [0.25, 0.3) is 0 Å². The van der Waals surface area contributed by atoms with Crippen molar-refractivity contribution in [3.05, 3.63) is 0 Å². The Hall–Kier alpha value is -0.610. The van der Waals surface area contributed by atoms with Crippen molar-refractivity contribution >= 4 is 5.91 Å². The predicted molar refractivity (Wildman–Crippen MR) is 82.5 cm³/mol. The summed E-state index contributed by atoms with van der Waals surface area (Å²) >= 11 is 0. The summed E-state index contributed by atoms with van der Waals surface area (Å²) in [5.74, 6) is 1.43. The number of likely N-dealkylation sites (tertiary alicyclic amines) is 1. The third-order valence-corrected chi connectivity index (χ3v) is 4.71. The quantitative estimate of drug-likeness (QED) is 0.781. The lowest BCUT2D eigenvalue weighted by molar-refractivity contribution is -0.139. The Bertz CT molecular complexity index is 307. The molecule has 20 heavy (non-hydrogen) atoms. The van der Waals surface area contributed by atoms with Crippen molar-refractivity contribution in [3.63, 3.8) is 0 Å². The fourth-order valence-corrected chi connectivity index (χ4v) is 3.08. The summed E-state index contributed by atoms with van der Waals surface area (Å²) in [4.78, 5) is 14.4. The first-order valence-corrected chi connectivity index (χ1v) is 7.95. The summed E-state index contributed by atoms with van der Waals surface area (Å²) in [5, 5.41) is 0. The van der Waals surface area contributed by atoms with Gasteiger partial charge in [-0.05, 0) is 51.0 Å². The largest absolute Gasteiger partial charge is 0.377 e. The molecule has 0 aromatic rings. The van der Waals surface area contributed by atoms with Crippen molar-refractivity contribution in [2.24, 2.45) is 17.6 Å². The lowest BCUT2D eigenvalue weighted by Crippen LogP contribution is -2.49. The minimum Gasteiger partial charge on any atom is -0.377 e. The van der Waals surface area contributed by atoms with Crippen molar-refractivity contribution in [2.45, 2.75) is 58.5 Å². The molecule has 2 unspecified atom stereocenters. The van der Waals surface area contributed by atoms with Crippen molar-refractivity contribution in [1.29, 1.82) is 0 Å². The fourth-order valence-electron chi connectivity index (χ4n) is 3.08. The van der Waals surface area contributed by atoms with Crippen LogP contribution in [0.15, 0.2) is 0 Å². The first-order valence-electron chi connectivity index (χ1n) is 7.95. The normalized spacial score (nSPS) is 25.0. The molecule has 4 heteroatoms. The second-order valence-corrected chi connectivity index (χ2v) is 6.69. The number of amides is 1. The van der Waals surface area contributed by atoms with E-state index in [1.807, 2.05) is 4.90 Å². The number of nitrogens with two attached hydrogens (primary N) is 1. The Kier molecular flexibility index (Phi) is 6.96. The standard InChI is InChI=1S/C16H32N2O2/c1-13(2)14(8-10-17)6-7-15(19)18-11-5-9-16(3,12-18)20-4/h13-14H,5-12,17H2,1-4H3. The van der Waals surface area contributed by atoms with Crippen LogP contribution >= 0.6 is 0 Å². The fraction of sp³-hybridized carbons (Fsp3) is 0.938. The second-order valence-electron chi connectivity index (χ2n) is 6.69. The monoisotopic (exact) mass is 284 g/mol. The maximum atomic E-state index is 12.4. The summed E-state index contributed by atoms with van der Waals surface area (Å²) in [5.41, 5.74) is 5.49. The molecule has 0 radical (unpaired) electrons. The second kappa shape index (κ2) is 7.99. The number of ether oxygens (including phenoxy) is 1. The van der Waals surface area contributed by atoms with Gasteiger partial charge in [0.05, 0.1) is 5.60 Å².